The maximum Gasteiger partial charge on any atom is 0.407 e. The Kier molecular flexibility index (Phi) is 5.39. The Bertz CT molecular complexity index is 1030. The smallest absolute Gasteiger partial charge is 0.407 e. The summed E-state index contributed by atoms with van der Waals surface area (Å²) in [5, 5.41) is 14.2. The molecule has 3 aromatic rings. The number of aromatic nitrogens is 2. The number of H-pyrrole nitrogens is 1. The summed E-state index contributed by atoms with van der Waals surface area (Å²) >= 11 is 1.55. The molecule has 1 atom stereocenters. The fourth-order valence-electron chi connectivity index (χ4n) is 3.72. The first-order valence-electron chi connectivity index (χ1n) is 9.47. The van der Waals surface area contributed by atoms with Gasteiger partial charge in [-0.1, -0.05) is 6.07 Å². The molecule has 0 radical (unpaired) electrons. The molecule has 2 amide bonds. The maximum atomic E-state index is 12.9. The van der Waals surface area contributed by atoms with Crippen LogP contribution in [0.2, 0.25) is 0 Å². The van der Waals surface area contributed by atoms with Crippen LogP contribution in [0.25, 0.3) is 21.7 Å². The van der Waals surface area contributed by atoms with Crippen LogP contribution in [-0.2, 0) is 0 Å². The molecule has 0 bridgehead atoms. The van der Waals surface area contributed by atoms with Crippen LogP contribution in [0.4, 0.5) is 4.79 Å². The molecule has 8 nitrogen and oxygen atoms in total. The number of carbonyl (C=O) groups excluding carboxylic acids is 1. The number of hydrogen-bond donors (Lipinski definition) is 3. The maximum absolute atomic E-state index is 12.9. The number of amides is 2. The first kappa shape index (κ1) is 19.3. The van der Waals surface area contributed by atoms with Gasteiger partial charge in [-0.2, -0.15) is 0 Å². The molecule has 152 valence electrons. The average molecular weight is 414 g/mol. The molecule has 29 heavy (non-hydrogen) atoms. The lowest BCUT2D eigenvalue weighted by Gasteiger charge is -2.33. The fraction of sp³-hybridized carbons (Fsp3) is 0.350. The van der Waals surface area contributed by atoms with Crippen molar-refractivity contribution in [1.29, 1.82) is 0 Å². The predicted molar refractivity (Wildman–Crippen MR) is 111 cm³/mol. The first-order chi connectivity index (χ1) is 14.1. The Balaban J connectivity index is 1.59. The van der Waals surface area contributed by atoms with Crippen molar-refractivity contribution in [2.75, 3.05) is 20.2 Å². The van der Waals surface area contributed by atoms with Crippen molar-refractivity contribution >= 4 is 34.4 Å². The van der Waals surface area contributed by atoms with Gasteiger partial charge in [0.05, 0.1) is 23.6 Å². The number of aromatic amines is 1. The van der Waals surface area contributed by atoms with Crippen LogP contribution in [0, 0.1) is 0 Å². The van der Waals surface area contributed by atoms with Crippen molar-refractivity contribution in [3.63, 3.8) is 0 Å². The fourth-order valence-corrected chi connectivity index (χ4v) is 4.39. The number of methoxy groups -OCH3 is 1. The van der Waals surface area contributed by atoms with Crippen LogP contribution in [-0.4, -0.2) is 58.2 Å². The highest BCUT2D eigenvalue weighted by atomic mass is 32.1. The molecule has 0 saturated carbocycles. The second kappa shape index (κ2) is 8.12. The van der Waals surface area contributed by atoms with Crippen molar-refractivity contribution < 1.29 is 19.4 Å². The van der Waals surface area contributed by atoms with Crippen molar-refractivity contribution in [2.24, 2.45) is 0 Å². The Morgan fingerprint density at radius 3 is 2.97 bits per heavy atom. The summed E-state index contributed by atoms with van der Waals surface area (Å²) in [7, 11) is 1.57. The molecule has 0 spiro atoms. The zero-order valence-electron chi connectivity index (χ0n) is 16.0. The van der Waals surface area contributed by atoms with Gasteiger partial charge in [0.25, 0.3) is 5.91 Å². The number of carboxylic acid groups (broad SMARTS) is 1. The summed E-state index contributed by atoms with van der Waals surface area (Å²) in [5.74, 6) is 1.01. The number of nitrogens with one attached hydrogen (secondary N) is 2. The molecule has 2 aromatic heterocycles. The molecule has 4 rings (SSSR count). The van der Waals surface area contributed by atoms with Crippen LogP contribution < -0.4 is 10.1 Å². The third-order valence-electron chi connectivity index (χ3n) is 5.20. The minimum absolute atomic E-state index is 0.209. The van der Waals surface area contributed by atoms with Crippen LogP contribution >= 0.6 is 11.3 Å². The van der Waals surface area contributed by atoms with Gasteiger partial charge in [0.15, 0.2) is 0 Å². The Morgan fingerprint density at radius 2 is 2.24 bits per heavy atom. The van der Waals surface area contributed by atoms with E-state index in [0.29, 0.717) is 34.7 Å². The number of likely N-dealkylation sites (tertiary alicyclic amines) is 1. The second-order valence-electron chi connectivity index (χ2n) is 6.94. The van der Waals surface area contributed by atoms with Gasteiger partial charge in [0.2, 0.25) is 0 Å². The molecule has 1 aliphatic rings. The molecule has 1 unspecified atom stereocenters. The number of ether oxygens (including phenoxy) is 1. The van der Waals surface area contributed by atoms with E-state index in [-0.39, 0.29) is 18.5 Å². The summed E-state index contributed by atoms with van der Waals surface area (Å²) in [4.78, 5) is 34.6. The number of thiophene rings is 1. The SMILES string of the molecule is COc1ccc(C(=O)NCC2CCCCN2C(=O)O)c2nc(-c3cccs3)[nH]c12. The van der Waals surface area contributed by atoms with Gasteiger partial charge in [0, 0.05) is 13.1 Å². The van der Waals surface area contributed by atoms with Crippen molar-refractivity contribution in [3.8, 4) is 16.5 Å². The molecule has 9 heteroatoms. The van der Waals surface area contributed by atoms with E-state index in [4.69, 9.17) is 4.74 Å². The molecule has 3 N–H and O–H groups in total. The highest BCUT2D eigenvalue weighted by Crippen LogP contribution is 2.31. The van der Waals surface area contributed by atoms with E-state index in [1.54, 1.807) is 30.6 Å². The van der Waals surface area contributed by atoms with E-state index in [2.05, 4.69) is 15.3 Å². The lowest BCUT2D eigenvalue weighted by molar-refractivity contribution is 0.0884. The zero-order valence-corrected chi connectivity index (χ0v) is 16.8. The number of rotatable bonds is 5. The predicted octanol–water partition coefficient (Wildman–Crippen LogP) is 3.56. The van der Waals surface area contributed by atoms with E-state index in [9.17, 15) is 14.7 Å². The summed E-state index contributed by atoms with van der Waals surface area (Å²) in [6.45, 7) is 0.785. The number of nitrogens with zero attached hydrogens (tertiary/aromatic N) is 2. The highest BCUT2D eigenvalue weighted by Gasteiger charge is 2.27. The summed E-state index contributed by atoms with van der Waals surface area (Å²) in [5.41, 5.74) is 1.62. The highest BCUT2D eigenvalue weighted by molar-refractivity contribution is 7.13. The number of benzene rings is 1. The standard InChI is InChI=1S/C20H22N4O4S/c1-28-14-8-7-13(16-17(14)23-18(22-16)15-6-4-10-29-15)19(25)21-11-12-5-2-3-9-24(12)20(26)27/h4,6-8,10,12H,2-3,5,9,11H2,1H3,(H,21,25)(H,22,23)(H,26,27). The van der Waals surface area contributed by atoms with Crippen LogP contribution in [0.15, 0.2) is 29.6 Å². The zero-order chi connectivity index (χ0) is 20.4. The van der Waals surface area contributed by atoms with E-state index in [0.717, 1.165) is 24.1 Å². The van der Waals surface area contributed by atoms with Gasteiger partial charge >= 0.3 is 6.09 Å². The van der Waals surface area contributed by atoms with Crippen LogP contribution in [0.5, 0.6) is 5.75 Å². The summed E-state index contributed by atoms with van der Waals surface area (Å²) in [6.07, 6.45) is 1.62. The van der Waals surface area contributed by atoms with Gasteiger partial charge in [-0.15, -0.1) is 11.3 Å². The third kappa shape index (κ3) is 3.77. The topological polar surface area (TPSA) is 108 Å². The van der Waals surface area contributed by atoms with Gasteiger partial charge in [-0.05, 0) is 42.8 Å². The molecule has 1 aliphatic heterocycles. The van der Waals surface area contributed by atoms with Crippen molar-refractivity contribution in [3.05, 3.63) is 35.2 Å². The lowest BCUT2D eigenvalue weighted by atomic mass is 10.0. The third-order valence-corrected chi connectivity index (χ3v) is 6.07. The number of carbonyl (C=O) groups is 2. The monoisotopic (exact) mass is 414 g/mol. The van der Waals surface area contributed by atoms with E-state index < -0.39 is 6.09 Å². The normalized spacial score (nSPS) is 16.7. The second-order valence-corrected chi connectivity index (χ2v) is 7.88. The lowest BCUT2D eigenvalue weighted by Crippen LogP contribution is -2.48. The van der Waals surface area contributed by atoms with E-state index >= 15 is 0 Å². The molecular weight excluding hydrogens is 392 g/mol. The van der Waals surface area contributed by atoms with Crippen molar-refractivity contribution in [1.82, 2.24) is 20.2 Å². The summed E-state index contributed by atoms with van der Waals surface area (Å²) < 4.78 is 5.42. The quantitative estimate of drug-likeness (QED) is 0.592. The molecule has 1 fully saturated rings. The molecule has 1 saturated heterocycles. The molecule has 0 aliphatic carbocycles. The van der Waals surface area contributed by atoms with E-state index in [1.807, 2.05) is 17.5 Å². The molecule has 3 heterocycles. The molecular formula is C20H22N4O4S. The Labute approximate surface area is 171 Å². The largest absolute Gasteiger partial charge is 0.494 e. The van der Waals surface area contributed by atoms with Crippen molar-refractivity contribution in [2.45, 2.75) is 25.3 Å². The first-order valence-corrected chi connectivity index (χ1v) is 10.3. The van der Waals surface area contributed by atoms with Gasteiger partial charge in [-0.3, -0.25) is 4.79 Å². The number of imidazole rings is 1. The Morgan fingerprint density at radius 1 is 1.38 bits per heavy atom. The number of hydrogen-bond acceptors (Lipinski definition) is 5. The number of fused-ring (bicyclic) bond motifs is 1. The average Bonchev–Trinajstić information content (AvgIpc) is 3.41. The van der Waals surface area contributed by atoms with Gasteiger partial charge < -0.3 is 25.0 Å². The molecule has 1 aromatic carbocycles. The Hall–Kier alpha value is -3.07. The van der Waals surface area contributed by atoms with Gasteiger partial charge in [-0.25, -0.2) is 9.78 Å². The van der Waals surface area contributed by atoms with Gasteiger partial charge in [0.1, 0.15) is 22.6 Å². The minimum atomic E-state index is -0.941. The minimum Gasteiger partial charge on any atom is -0.494 e. The van der Waals surface area contributed by atoms with E-state index in [1.165, 1.54) is 4.90 Å². The summed E-state index contributed by atoms with van der Waals surface area (Å²) in [6, 6.07) is 7.11. The number of piperidine rings is 1. The van der Waals surface area contributed by atoms with Crippen LogP contribution in [0.1, 0.15) is 29.6 Å². The van der Waals surface area contributed by atoms with Crippen LogP contribution in [0.3, 0.4) is 0 Å².